The fourth-order valence-electron chi connectivity index (χ4n) is 7.96. The Bertz CT molecular complexity index is 417. The molecule has 29 heavy (non-hydrogen) atoms. The van der Waals surface area contributed by atoms with Crippen LogP contribution in [-0.2, 0) is 4.89 Å². The summed E-state index contributed by atoms with van der Waals surface area (Å²) < 4.78 is 0. The first-order valence-corrected chi connectivity index (χ1v) is 13.4. The van der Waals surface area contributed by atoms with Crippen LogP contribution >= 0.6 is 0 Å². The summed E-state index contributed by atoms with van der Waals surface area (Å²) in [4.78, 5) is 5.22. The minimum Gasteiger partial charge on any atom is -0.252 e. The van der Waals surface area contributed by atoms with Crippen LogP contribution in [-0.4, -0.2) is 11.4 Å². The summed E-state index contributed by atoms with van der Waals surface area (Å²) in [5, 5.41) is 9.82. The molecule has 0 aromatic carbocycles. The highest BCUT2D eigenvalue weighted by Gasteiger charge is 2.39. The lowest BCUT2D eigenvalue weighted by molar-refractivity contribution is -0.307. The molecule has 0 aromatic heterocycles. The van der Waals surface area contributed by atoms with Crippen molar-refractivity contribution in [1.29, 1.82) is 0 Å². The molecule has 0 heterocycles. The Hall–Kier alpha value is -0.0800. The average Bonchev–Trinajstić information content (AvgIpc) is 2.76. The summed E-state index contributed by atoms with van der Waals surface area (Å²) in [7, 11) is 0. The minimum absolute atomic E-state index is 0.120. The molecule has 0 unspecified atom stereocenters. The molecule has 0 saturated heterocycles. The number of hydrogen-bond acceptors (Lipinski definition) is 2. The lowest BCUT2D eigenvalue weighted by Crippen LogP contribution is -2.38. The molecule has 0 spiro atoms. The Labute approximate surface area is 180 Å². The van der Waals surface area contributed by atoms with Crippen molar-refractivity contribution in [2.24, 2.45) is 47.3 Å². The topological polar surface area (TPSA) is 29.5 Å². The van der Waals surface area contributed by atoms with Crippen LogP contribution < -0.4 is 0 Å². The van der Waals surface area contributed by atoms with Gasteiger partial charge in [0.25, 0.3) is 0 Å². The second-order valence-electron chi connectivity index (χ2n) is 12.0. The molecule has 2 nitrogen and oxygen atoms in total. The maximum absolute atomic E-state index is 9.82. The fourth-order valence-corrected chi connectivity index (χ4v) is 7.96. The largest absolute Gasteiger partial charge is 0.252 e. The zero-order valence-electron chi connectivity index (χ0n) is 19.4. The van der Waals surface area contributed by atoms with Crippen LogP contribution in [0.1, 0.15) is 117 Å². The molecule has 0 atom stereocenters. The zero-order valence-corrected chi connectivity index (χ0v) is 19.4. The van der Waals surface area contributed by atoms with E-state index >= 15 is 0 Å². The van der Waals surface area contributed by atoms with Crippen LogP contribution in [0, 0.1) is 47.3 Å². The van der Waals surface area contributed by atoms with Gasteiger partial charge in [0.05, 0.1) is 6.10 Å². The maximum Gasteiger partial charge on any atom is 0.0983 e. The lowest BCUT2D eigenvalue weighted by atomic mass is 9.65. The van der Waals surface area contributed by atoms with E-state index in [2.05, 4.69) is 13.8 Å². The van der Waals surface area contributed by atoms with Crippen LogP contribution in [0.3, 0.4) is 0 Å². The third-order valence-corrected chi connectivity index (χ3v) is 10.1. The summed E-state index contributed by atoms with van der Waals surface area (Å²) in [6.45, 7) is 4.86. The standard InChI is InChI=1S/C27H48O2/c1-19-3-7-21(8-4-19)23-11-15-25(16-12-23)27(29-28)26-17-13-24(14-18-26)22-9-5-20(2)6-10-22/h19-28H,3-18H2,1-2H3. The van der Waals surface area contributed by atoms with Gasteiger partial charge in [-0.2, -0.15) is 0 Å². The highest BCUT2D eigenvalue weighted by molar-refractivity contribution is 4.89. The van der Waals surface area contributed by atoms with Crippen molar-refractivity contribution < 1.29 is 10.1 Å². The normalized spacial score (nSPS) is 45.6. The van der Waals surface area contributed by atoms with E-state index < -0.39 is 0 Å². The third-order valence-electron chi connectivity index (χ3n) is 10.1. The van der Waals surface area contributed by atoms with Crippen molar-refractivity contribution in [3.05, 3.63) is 0 Å². The predicted molar refractivity (Wildman–Crippen MR) is 121 cm³/mol. The number of rotatable bonds is 5. The second-order valence-corrected chi connectivity index (χ2v) is 12.0. The summed E-state index contributed by atoms with van der Waals surface area (Å²) >= 11 is 0. The van der Waals surface area contributed by atoms with Gasteiger partial charge in [0.2, 0.25) is 0 Å². The molecule has 4 aliphatic rings. The molecule has 0 radical (unpaired) electrons. The van der Waals surface area contributed by atoms with Crippen LogP contribution in [0.25, 0.3) is 0 Å². The molecule has 0 amide bonds. The van der Waals surface area contributed by atoms with E-state index in [1.165, 1.54) is 103 Å². The van der Waals surface area contributed by atoms with E-state index in [0.29, 0.717) is 11.8 Å². The van der Waals surface area contributed by atoms with Gasteiger partial charge in [-0.3, -0.25) is 5.26 Å². The van der Waals surface area contributed by atoms with Crippen molar-refractivity contribution in [2.75, 3.05) is 0 Å². The summed E-state index contributed by atoms with van der Waals surface area (Å²) in [6, 6.07) is 0. The molecule has 2 heteroatoms. The fraction of sp³-hybridized carbons (Fsp3) is 1.00. The zero-order chi connectivity index (χ0) is 20.2. The minimum atomic E-state index is 0.120. The Balaban J connectivity index is 1.22. The smallest absolute Gasteiger partial charge is 0.0983 e. The Kier molecular flexibility index (Phi) is 8.00. The van der Waals surface area contributed by atoms with E-state index in [1.54, 1.807) is 0 Å². The predicted octanol–water partition coefficient (Wildman–Crippen LogP) is 8.11. The third kappa shape index (κ3) is 5.59. The van der Waals surface area contributed by atoms with Gasteiger partial charge in [0, 0.05) is 0 Å². The molecular weight excluding hydrogens is 356 g/mol. The van der Waals surface area contributed by atoms with Gasteiger partial charge in [-0.15, -0.1) is 0 Å². The van der Waals surface area contributed by atoms with E-state index in [9.17, 15) is 5.26 Å². The van der Waals surface area contributed by atoms with Gasteiger partial charge in [0.15, 0.2) is 0 Å². The highest BCUT2D eigenvalue weighted by atomic mass is 17.1. The monoisotopic (exact) mass is 404 g/mol. The Morgan fingerprint density at radius 1 is 0.483 bits per heavy atom. The summed E-state index contributed by atoms with van der Waals surface area (Å²) in [5.41, 5.74) is 0. The Morgan fingerprint density at radius 3 is 1.03 bits per heavy atom. The molecule has 1 N–H and O–H groups in total. The van der Waals surface area contributed by atoms with Gasteiger partial charge < -0.3 is 0 Å². The van der Waals surface area contributed by atoms with Crippen molar-refractivity contribution in [1.82, 2.24) is 0 Å². The van der Waals surface area contributed by atoms with Crippen molar-refractivity contribution in [3.63, 3.8) is 0 Å². The molecule has 4 rings (SSSR count). The molecule has 168 valence electrons. The van der Waals surface area contributed by atoms with Crippen molar-refractivity contribution in [2.45, 2.75) is 123 Å². The van der Waals surface area contributed by atoms with Crippen molar-refractivity contribution >= 4 is 0 Å². The van der Waals surface area contributed by atoms with E-state index in [1.807, 2.05) is 0 Å². The average molecular weight is 405 g/mol. The van der Waals surface area contributed by atoms with Crippen LogP contribution in [0.4, 0.5) is 0 Å². The summed E-state index contributed by atoms with van der Waals surface area (Å²) in [6.07, 6.45) is 22.6. The SMILES string of the molecule is CC1CCC(C2CCC(C(OO)C3CCC(C4CCC(C)CC4)CC3)CC2)CC1. The molecule has 4 aliphatic carbocycles. The first-order valence-electron chi connectivity index (χ1n) is 13.4. The highest BCUT2D eigenvalue weighted by Crippen LogP contribution is 2.46. The van der Waals surface area contributed by atoms with Gasteiger partial charge in [-0.1, -0.05) is 39.5 Å². The van der Waals surface area contributed by atoms with Crippen LogP contribution in [0.2, 0.25) is 0 Å². The first kappa shape index (κ1) is 22.1. The molecular formula is C27H48O2. The van der Waals surface area contributed by atoms with Crippen molar-refractivity contribution in [3.8, 4) is 0 Å². The molecule has 4 saturated carbocycles. The molecule has 0 aromatic rings. The van der Waals surface area contributed by atoms with Crippen LogP contribution in [0.5, 0.6) is 0 Å². The quantitative estimate of drug-likeness (QED) is 0.370. The van der Waals surface area contributed by atoms with Gasteiger partial charge >= 0.3 is 0 Å². The van der Waals surface area contributed by atoms with E-state index in [0.717, 1.165) is 35.5 Å². The Morgan fingerprint density at radius 2 is 0.759 bits per heavy atom. The van der Waals surface area contributed by atoms with Gasteiger partial charge in [0.1, 0.15) is 0 Å². The van der Waals surface area contributed by atoms with Crippen LogP contribution in [0.15, 0.2) is 0 Å². The molecule has 4 fully saturated rings. The summed E-state index contributed by atoms with van der Waals surface area (Å²) in [5.74, 6) is 7.05. The van der Waals surface area contributed by atoms with E-state index in [4.69, 9.17) is 4.89 Å². The lowest BCUT2D eigenvalue weighted by Gasteiger charge is -2.42. The maximum atomic E-state index is 9.82. The van der Waals surface area contributed by atoms with Gasteiger partial charge in [-0.05, 0) is 124 Å². The second kappa shape index (κ2) is 10.5. The van der Waals surface area contributed by atoms with Gasteiger partial charge in [-0.25, -0.2) is 4.89 Å². The molecule has 0 bridgehead atoms. The molecule has 0 aliphatic heterocycles. The first-order chi connectivity index (χ1) is 14.1. The van der Waals surface area contributed by atoms with E-state index in [-0.39, 0.29) is 6.10 Å². The number of hydrogen-bond donors (Lipinski definition) is 1.